The van der Waals surface area contributed by atoms with Crippen LogP contribution in [0.3, 0.4) is 0 Å². The lowest BCUT2D eigenvalue weighted by Crippen LogP contribution is -2.03. The Morgan fingerprint density at radius 3 is 2.55 bits per heavy atom. The van der Waals surface area contributed by atoms with Gasteiger partial charge in [-0.05, 0) is 0 Å². The molecule has 0 atom stereocenters. The molecule has 0 aliphatic rings. The summed E-state index contributed by atoms with van der Waals surface area (Å²) in [5, 5.41) is 8.63. The summed E-state index contributed by atoms with van der Waals surface area (Å²) >= 11 is 3.04. The number of rotatable bonds is 4. The van der Waals surface area contributed by atoms with Gasteiger partial charge in [-0.25, -0.2) is 9.59 Å². The standard InChI is InChI=1S/C6H7BrO4/c7-3-4-11-6(10)2-1-5(8)9/h1-2H,3-4H2,(H,8,9)/b2-1-. The maximum atomic E-state index is 10.5. The molecule has 62 valence electrons. The monoisotopic (exact) mass is 222 g/mol. The van der Waals surface area contributed by atoms with E-state index in [0.717, 1.165) is 12.2 Å². The van der Waals surface area contributed by atoms with E-state index in [1.165, 1.54) is 0 Å². The Labute approximate surface area is 72.0 Å². The molecule has 0 aromatic heterocycles. The first-order chi connectivity index (χ1) is 5.16. The first-order valence-corrected chi connectivity index (χ1v) is 3.92. The predicted octanol–water partition coefficient (Wildman–Crippen LogP) is 0.565. The zero-order valence-electron chi connectivity index (χ0n) is 5.62. The lowest BCUT2D eigenvalue weighted by molar-refractivity contribution is -0.138. The number of alkyl halides is 1. The normalized spacial score (nSPS) is 9.91. The van der Waals surface area contributed by atoms with Gasteiger partial charge in [0.25, 0.3) is 0 Å². The summed E-state index contributed by atoms with van der Waals surface area (Å²) in [7, 11) is 0. The van der Waals surface area contributed by atoms with Crippen LogP contribution in [0.1, 0.15) is 0 Å². The molecule has 0 aromatic rings. The maximum absolute atomic E-state index is 10.5. The molecule has 0 bridgehead atoms. The van der Waals surface area contributed by atoms with Crippen molar-refractivity contribution in [1.29, 1.82) is 0 Å². The van der Waals surface area contributed by atoms with Crippen LogP contribution >= 0.6 is 15.9 Å². The third-order valence-electron chi connectivity index (χ3n) is 0.683. The van der Waals surface area contributed by atoms with E-state index in [1.807, 2.05) is 0 Å². The van der Waals surface area contributed by atoms with Gasteiger partial charge >= 0.3 is 11.9 Å². The van der Waals surface area contributed by atoms with Crippen molar-refractivity contribution in [2.45, 2.75) is 0 Å². The predicted molar refractivity (Wildman–Crippen MR) is 41.5 cm³/mol. The van der Waals surface area contributed by atoms with Crippen LogP contribution in [0.4, 0.5) is 0 Å². The minimum Gasteiger partial charge on any atom is -0.478 e. The van der Waals surface area contributed by atoms with Crippen LogP contribution in [0.25, 0.3) is 0 Å². The Morgan fingerprint density at radius 1 is 1.45 bits per heavy atom. The van der Waals surface area contributed by atoms with Gasteiger partial charge in [-0.3, -0.25) is 0 Å². The molecule has 0 heterocycles. The van der Waals surface area contributed by atoms with E-state index in [4.69, 9.17) is 5.11 Å². The minimum absolute atomic E-state index is 0.239. The van der Waals surface area contributed by atoms with Crippen LogP contribution in [0.15, 0.2) is 12.2 Å². The molecule has 4 nitrogen and oxygen atoms in total. The van der Waals surface area contributed by atoms with E-state index in [9.17, 15) is 9.59 Å². The highest BCUT2D eigenvalue weighted by molar-refractivity contribution is 9.09. The van der Waals surface area contributed by atoms with Crippen molar-refractivity contribution in [3.05, 3.63) is 12.2 Å². The Hall–Kier alpha value is -0.840. The first-order valence-electron chi connectivity index (χ1n) is 2.80. The van der Waals surface area contributed by atoms with Crippen molar-refractivity contribution in [1.82, 2.24) is 0 Å². The van der Waals surface area contributed by atoms with Crippen molar-refractivity contribution in [3.63, 3.8) is 0 Å². The Balaban J connectivity index is 3.60. The van der Waals surface area contributed by atoms with Crippen molar-refractivity contribution in [3.8, 4) is 0 Å². The smallest absolute Gasteiger partial charge is 0.331 e. The van der Waals surface area contributed by atoms with Gasteiger partial charge in [0.2, 0.25) is 0 Å². The van der Waals surface area contributed by atoms with Crippen LogP contribution in [-0.2, 0) is 14.3 Å². The third-order valence-corrected chi connectivity index (χ3v) is 1.01. The summed E-state index contributed by atoms with van der Waals surface area (Å²) in [6.45, 7) is 0.239. The highest BCUT2D eigenvalue weighted by Crippen LogP contribution is 1.85. The van der Waals surface area contributed by atoms with Gasteiger partial charge in [-0.2, -0.15) is 0 Å². The van der Waals surface area contributed by atoms with E-state index in [0.29, 0.717) is 5.33 Å². The molecular formula is C6H7BrO4. The lowest BCUT2D eigenvalue weighted by atomic mass is 10.5. The van der Waals surface area contributed by atoms with E-state index in [-0.39, 0.29) is 6.61 Å². The molecule has 0 aliphatic heterocycles. The number of carboxylic acid groups (broad SMARTS) is 1. The quantitative estimate of drug-likeness (QED) is 0.429. The van der Waals surface area contributed by atoms with E-state index < -0.39 is 11.9 Å². The molecule has 0 radical (unpaired) electrons. The molecule has 0 saturated heterocycles. The number of carbonyl (C=O) groups excluding carboxylic acids is 1. The second-order valence-corrected chi connectivity index (χ2v) is 2.32. The Morgan fingerprint density at radius 2 is 2.09 bits per heavy atom. The summed E-state index contributed by atoms with van der Waals surface area (Å²) in [5.41, 5.74) is 0. The highest BCUT2D eigenvalue weighted by atomic mass is 79.9. The van der Waals surface area contributed by atoms with Crippen LogP contribution in [0, 0.1) is 0 Å². The van der Waals surface area contributed by atoms with Crippen molar-refractivity contribution < 1.29 is 19.4 Å². The minimum atomic E-state index is -1.17. The number of ether oxygens (including phenoxy) is 1. The first kappa shape index (κ1) is 10.2. The highest BCUT2D eigenvalue weighted by Gasteiger charge is 1.95. The molecule has 0 amide bonds. The fourth-order valence-electron chi connectivity index (χ4n) is 0.327. The average molecular weight is 223 g/mol. The number of aliphatic carboxylic acids is 1. The van der Waals surface area contributed by atoms with Gasteiger partial charge < -0.3 is 9.84 Å². The average Bonchev–Trinajstić information content (AvgIpc) is 1.97. The summed E-state index contributed by atoms with van der Waals surface area (Å²) in [4.78, 5) is 20.4. The SMILES string of the molecule is O=C(O)/C=C\C(=O)OCCBr. The van der Waals surface area contributed by atoms with Gasteiger partial charge in [0, 0.05) is 17.5 Å². The second kappa shape index (κ2) is 5.91. The van der Waals surface area contributed by atoms with Gasteiger partial charge in [-0.1, -0.05) is 15.9 Å². The van der Waals surface area contributed by atoms with Crippen molar-refractivity contribution in [2.24, 2.45) is 0 Å². The van der Waals surface area contributed by atoms with Crippen LogP contribution in [-0.4, -0.2) is 29.0 Å². The molecule has 0 saturated carbocycles. The van der Waals surface area contributed by atoms with Crippen molar-refractivity contribution in [2.75, 3.05) is 11.9 Å². The molecule has 11 heavy (non-hydrogen) atoms. The zero-order chi connectivity index (χ0) is 8.69. The number of esters is 1. The van der Waals surface area contributed by atoms with Crippen LogP contribution < -0.4 is 0 Å². The van der Waals surface area contributed by atoms with Crippen LogP contribution in [0.5, 0.6) is 0 Å². The summed E-state index contributed by atoms with van der Waals surface area (Å²) < 4.78 is 4.51. The molecule has 0 unspecified atom stereocenters. The zero-order valence-corrected chi connectivity index (χ0v) is 7.20. The molecule has 5 heteroatoms. The fraction of sp³-hybridized carbons (Fsp3) is 0.333. The van der Waals surface area contributed by atoms with E-state index in [2.05, 4.69) is 20.7 Å². The molecule has 1 N–H and O–H groups in total. The summed E-state index contributed by atoms with van der Waals surface area (Å²) in [6.07, 6.45) is 1.60. The molecule has 0 aromatic carbocycles. The molecular weight excluding hydrogens is 216 g/mol. The number of hydrogen-bond donors (Lipinski definition) is 1. The molecule has 0 fully saturated rings. The van der Waals surface area contributed by atoms with Gasteiger partial charge in [0.1, 0.15) is 6.61 Å². The summed E-state index contributed by atoms with van der Waals surface area (Å²) in [6, 6.07) is 0. The number of hydrogen-bond acceptors (Lipinski definition) is 3. The topological polar surface area (TPSA) is 63.6 Å². The third kappa shape index (κ3) is 7.05. The number of carboxylic acids is 1. The van der Waals surface area contributed by atoms with Crippen molar-refractivity contribution >= 4 is 27.9 Å². The maximum Gasteiger partial charge on any atom is 0.331 e. The van der Waals surface area contributed by atoms with Gasteiger partial charge in [0.05, 0.1) is 0 Å². The van der Waals surface area contributed by atoms with Gasteiger partial charge in [-0.15, -0.1) is 0 Å². The second-order valence-electron chi connectivity index (χ2n) is 1.53. The fourth-order valence-corrected chi connectivity index (χ4v) is 0.488. The molecule has 0 spiro atoms. The molecule has 0 aliphatic carbocycles. The Bertz CT molecular complexity index is 175. The van der Waals surface area contributed by atoms with Gasteiger partial charge in [0.15, 0.2) is 0 Å². The Kier molecular flexibility index (Phi) is 5.46. The molecule has 0 rings (SSSR count). The summed E-state index contributed by atoms with van der Waals surface area (Å²) in [5.74, 6) is -1.81. The largest absolute Gasteiger partial charge is 0.478 e. The number of halogens is 1. The number of carbonyl (C=O) groups is 2. The van der Waals surface area contributed by atoms with E-state index >= 15 is 0 Å². The lowest BCUT2D eigenvalue weighted by Gasteiger charge is -1.94. The van der Waals surface area contributed by atoms with E-state index in [1.54, 1.807) is 0 Å². The van der Waals surface area contributed by atoms with Crippen LogP contribution in [0.2, 0.25) is 0 Å².